The number of nitrogens with zero attached hydrogens (tertiary/aromatic N) is 1. The average molecular weight is 623 g/mol. The van der Waals surface area contributed by atoms with Gasteiger partial charge in [0.2, 0.25) is 0 Å². The maximum Gasteiger partial charge on any atom is 0.161 e. The maximum atomic E-state index is 11.0. The van der Waals surface area contributed by atoms with E-state index in [1.807, 2.05) is 33.9 Å². The monoisotopic (exact) mass is 623 g/mol. The van der Waals surface area contributed by atoms with E-state index >= 15 is 0 Å². The zero-order chi connectivity index (χ0) is 24.0. The number of benzene rings is 2. The van der Waals surface area contributed by atoms with E-state index in [-0.39, 0.29) is 43.5 Å². The first-order valence-electron chi connectivity index (χ1n) is 11.3. The van der Waals surface area contributed by atoms with Crippen molar-refractivity contribution in [3.8, 4) is 11.3 Å². The molecule has 0 atom stereocenters. The summed E-state index contributed by atoms with van der Waals surface area (Å²) in [6.45, 7) is 16.0. The van der Waals surface area contributed by atoms with Crippen LogP contribution in [0.2, 0.25) is 0 Å². The summed E-state index contributed by atoms with van der Waals surface area (Å²) in [6.07, 6.45) is 3.21. The molecule has 33 heavy (non-hydrogen) atoms. The van der Waals surface area contributed by atoms with E-state index in [9.17, 15) is 9.90 Å². The summed E-state index contributed by atoms with van der Waals surface area (Å²) >= 11 is 0. The van der Waals surface area contributed by atoms with Gasteiger partial charge in [-0.1, -0.05) is 73.6 Å². The molecule has 3 rings (SSSR count). The molecule has 0 saturated carbocycles. The number of hydrogen-bond acceptors (Lipinski definition) is 3. The van der Waals surface area contributed by atoms with Crippen molar-refractivity contribution in [2.45, 2.75) is 61.3 Å². The van der Waals surface area contributed by atoms with Crippen LogP contribution in [-0.2, 0) is 24.9 Å². The molecule has 3 aromatic rings. The zero-order valence-corrected chi connectivity index (χ0v) is 23.4. The van der Waals surface area contributed by atoms with Crippen molar-refractivity contribution in [2.75, 3.05) is 0 Å². The molecule has 0 aliphatic rings. The number of aliphatic hydroxyl groups excluding tert-OH is 1. The minimum atomic E-state index is -0.0316. The quantitative estimate of drug-likeness (QED) is 0.180. The molecule has 0 aliphatic carbocycles. The molecule has 2 aromatic carbocycles. The van der Waals surface area contributed by atoms with Crippen molar-refractivity contribution >= 4 is 16.6 Å². The minimum Gasteiger partial charge on any atom is -0.512 e. The van der Waals surface area contributed by atoms with Crippen molar-refractivity contribution in [1.82, 2.24) is 4.98 Å². The molecule has 1 N–H and O–H groups in total. The number of rotatable bonds is 5. The van der Waals surface area contributed by atoms with Crippen molar-refractivity contribution in [1.29, 1.82) is 0 Å². The summed E-state index contributed by atoms with van der Waals surface area (Å²) in [7, 11) is 0. The van der Waals surface area contributed by atoms with E-state index in [4.69, 9.17) is 0 Å². The molecule has 0 unspecified atom stereocenters. The Morgan fingerprint density at radius 1 is 0.970 bits per heavy atom. The largest absolute Gasteiger partial charge is 0.512 e. The fraction of sp³-hybridized carbons (Fsp3) is 0.379. The Labute approximate surface area is 212 Å². The molecule has 3 nitrogen and oxygen atoms in total. The second kappa shape index (κ2) is 12.8. The van der Waals surface area contributed by atoms with Gasteiger partial charge < -0.3 is 10.1 Å². The van der Waals surface area contributed by atoms with E-state index in [0.717, 1.165) is 16.8 Å². The number of carbonyl (C=O) groups excluding carboxylic acids is 1. The summed E-state index contributed by atoms with van der Waals surface area (Å²) in [4.78, 5) is 15.6. The summed E-state index contributed by atoms with van der Waals surface area (Å²) in [5, 5.41) is 11.6. The molecule has 4 heteroatoms. The Morgan fingerprint density at radius 3 is 2.18 bits per heavy atom. The first kappa shape index (κ1) is 28.7. The Balaban J connectivity index is 0.000000391. The van der Waals surface area contributed by atoms with Crippen LogP contribution in [0.3, 0.4) is 0 Å². The third-order valence-electron chi connectivity index (χ3n) is 5.31. The third kappa shape index (κ3) is 8.21. The van der Waals surface area contributed by atoms with Crippen LogP contribution in [0.25, 0.3) is 22.0 Å². The summed E-state index contributed by atoms with van der Waals surface area (Å²) < 4.78 is 0. The number of aliphatic hydroxyl groups is 1. The van der Waals surface area contributed by atoms with Gasteiger partial charge in [0.05, 0.1) is 5.76 Å². The van der Waals surface area contributed by atoms with Gasteiger partial charge in [0.15, 0.2) is 5.78 Å². The van der Waals surface area contributed by atoms with Crippen molar-refractivity contribution in [2.24, 2.45) is 11.8 Å². The molecule has 0 amide bonds. The Bertz CT molecular complexity index is 1090. The number of hydrogen-bond donors (Lipinski definition) is 1. The summed E-state index contributed by atoms with van der Waals surface area (Å²) in [5.41, 5.74) is 5.87. The fourth-order valence-electron chi connectivity index (χ4n) is 3.27. The van der Waals surface area contributed by atoms with Crippen LogP contribution in [0.1, 0.15) is 64.2 Å². The first-order valence-corrected chi connectivity index (χ1v) is 11.3. The molecule has 179 valence electrons. The van der Waals surface area contributed by atoms with Crippen molar-refractivity contribution in [3.05, 3.63) is 77.2 Å². The molecule has 1 aromatic heterocycles. The minimum absolute atomic E-state index is 0. The first-order chi connectivity index (χ1) is 15.0. The second-order valence-electron chi connectivity index (χ2n) is 9.33. The van der Waals surface area contributed by atoms with Crippen LogP contribution in [0.15, 0.2) is 54.4 Å². The van der Waals surface area contributed by atoms with Gasteiger partial charge in [-0.25, -0.2) is 0 Å². The average Bonchev–Trinajstić information content (AvgIpc) is 2.72. The van der Waals surface area contributed by atoms with Crippen LogP contribution in [-0.4, -0.2) is 15.9 Å². The number of ketones is 1. The van der Waals surface area contributed by atoms with Gasteiger partial charge in [0.1, 0.15) is 0 Å². The Kier molecular flexibility index (Phi) is 11.2. The smallest absolute Gasteiger partial charge is 0.161 e. The normalized spacial score (nSPS) is 11.4. The van der Waals surface area contributed by atoms with Crippen LogP contribution in [0.4, 0.5) is 0 Å². The number of fused-ring (bicyclic) bond motifs is 1. The molecule has 0 fully saturated rings. The Morgan fingerprint density at radius 2 is 1.64 bits per heavy atom. The van der Waals surface area contributed by atoms with Gasteiger partial charge in [0, 0.05) is 44.2 Å². The SMILES string of the molecule is CC(C)C(=O)/C=C(\O)C(C)C.Cc1[c-]c(-c2nccc3cc(C(C)C)ccc23)cc(C)c1.[Ir]. The number of pyridine rings is 1. The van der Waals surface area contributed by atoms with Crippen molar-refractivity contribution in [3.63, 3.8) is 0 Å². The van der Waals surface area contributed by atoms with E-state index in [0.29, 0.717) is 5.92 Å². The molecular weight excluding hydrogens is 587 g/mol. The Hall–Kier alpha value is -2.29. The van der Waals surface area contributed by atoms with Crippen LogP contribution >= 0.6 is 0 Å². The topological polar surface area (TPSA) is 50.2 Å². The van der Waals surface area contributed by atoms with Gasteiger partial charge in [0.25, 0.3) is 0 Å². The fourth-order valence-corrected chi connectivity index (χ4v) is 3.27. The van der Waals surface area contributed by atoms with Gasteiger partial charge in [-0.3, -0.25) is 4.79 Å². The predicted molar refractivity (Wildman–Crippen MR) is 135 cm³/mol. The predicted octanol–water partition coefficient (Wildman–Crippen LogP) is 7.75. The summed E-state index contributed by atoms with van der Waals surface area (Å²) in [5.74, 6) is 0.701. The molecule has 0 spiro atoms. The van der Waals surface area contributed by atoms with Gasteiger partial charge in [-0.05, 0) is 34.0 Å². The van der Waals surface area contributed by atoms with Gasteiger partial charge in [-0.2, -0.15) is 0 Å². The van der Waals surface area contributed by atoms with Gasteiger partial charge >= 0.3 is 0 Å². The van der Waals surface area contributed by atoms with Gasteiger partial charge in [-0.15, -0.1) is 34.9 Å². The molecular formula is C29H36IrNO2-. The number of allylic oxidation sites excluding steroid dienone is 2. The molecule has 1 radical (unpaired) electrons. The number of aromatic nitrogens is 1. The standard InChI is InChI=1S/C20H20N.C9H16O2.Ir/c1-13(2)16-5-6-19-17(12-16)7-8-21-20(19)18-10-14(3)9-15(4)11-18;1-6(2)8(10)5-9(11)7(3)4;/h5-10,12-13H,1-4H3;5-7,10H,1-4H3;/q-1;;/b;8-5-;. The zero-order valence-electron chi connectivity index (χ0n) is 21.0. The van der Waals surface area contributed by atoms with Crippen molar-refractivity contribution < 1.29 is 30.0 Å². The van der Waals surface area contributed by atoms with Crippen LogP contribution in [0, 0.1) is 31.7 Å². The molecule has 0 aliphatic heterocycles. The molecule has 0 saturated heterocycles. The molecule has 0 bridgehead atoms. The third-order valence-corrected chi connectivity index (χ3v) is 5.31. The number of aryl methyl sites for hydroxylation is 2. The molecule has 1 heterocycles. The van der Waals surface area contributed by atoms with E-state index < -0.39 is 0 Å². The van der Waals surface area contributed by atoms with Crippen LogP contribution in [0.5, 0.6) is 0 Å². The summed E-state index contributed by atoms with van der Waals surface area (Å²) in [6, 6.07) is 16.5. The van der Waals surface area contributed by atoms with Crippen LogP contribution < -0.4 is 0 Å². The van der Waals surface area contributed by atoms with E-state index in [1.165, 1.54) is 28.0 Å². The second-order valence-corrected chi connectivity index (χ2v) is 9.33. The van der Waals surface area contributed by atoms with E-state index in [1.54, 1.807) is 0 Å². The van der Waals surface area contributed by atoms with E-state index in [2.05, 4.69) is 75.1 Å². The maximum absolute atomic E-state index is 11.0. The number of carbonyl (C=O) groups is 1.